The van der Waals surface area contributed by atoms with Crippen LogP contribution in [0.5, 0.6) is 0 Å². The van der Waals surface area contributed by atoms with Gasteiger partial charge in [0.15, 0.2) is 5.82 Å². The van der Waals surface area contributed by atoms with Crippen LogP contribution in [0.2, 0.25) is 0 Å². The number of hydrogen-bond acceptors (Lipinski definition) is 7. The lowest BCUT2D eigenvalue weighted by Gasteiger charge is -2.42. The summed E-state index contributed by atoms with van der Waals surface area (Å²) in [7, 11) is 0. The van der Waals surface area contributed by atoms with E-state index in [0.29, 0.717) is 30.3 Å². The molecule has 8 heteroatoms. The molecule has 2 N–H and O–H groups in total. The Morgan fingerprint density at radius 1 is 1.19 bits per heavy atom. The Morgan fingerprint density at radius 2 is 1.90 bits per heavy atom. The highest BCUT2D eigenvalue weighted by Gasteiger charge is 2.46. The van der Waals surface area contributed by atoms with Gasteiger partial charge in [-0.3, -0.25) is 14.6 Å². The molecule has 0 saturated heterocycles. The first-order valence-corrected chi connectivity index (χ1v) is 6.97. The van der Waals surface area contributed by atoms with Crippen LogP contribution in [0.25, 0.3) is 0 Å². The Bertz CT molecular complexity index is 649. The van der Waals surface area contributed by atoms with Crippen molar-refractivity contribution in [1.29, 1.82) is 0 Å². The van der Waals surface area contributed by atoms with Crippen molar-refractivity contribution >= 4 is 23.2 Å². The summed E-state index contributed by atoms with van der Waals surface area (Å²) in [5.41, 5.74) is 0.645. The summed E-state index contributed by atoms with van der Waals surface area (Å²) >= 11 is 0. The number of carbonyl (C=O) groups is 2. The standard InChI is InChI=1S/C13H18N6O2/c1-6(20)9-4-5-10(7(2)21)12-11(9)17-19-8(3)15-16-13(19)18(12)14/h9-10,12H,4-5,14H2,1-3H3/t9-,10-,12+/m0/s1. The van der Waals surface area contributed by atoms with Crippen LogP contribution < -0.4 is 10.9 Å². The predicted octanol–water partition coefficient (Wildman–Crippen LogP) is 0.0571. The number of anilines is 1. The fourth-order valence-corrected chi connectivity index (χ4v) is 3.23. The summed E-state index contributed by atoms with van der Waals surface area (Å²) in [6, 6.07) is -0.416. The third-order valence-electron chi connectivity index (χ3n) is 4.35. The molecule has 2 heterocycles. The molecule has 0 amide bonds. The largest absolute Gasteiger partial charge is 0.300 e. The predicted molar refractivity (Wildman–Crippen MR) is 75.6 cm³/mol. The molecule has 1 saturated carbocycles. The molecule has 0 unspecified atom stereocenters. The first kappa shape index (κ1) is 13.9. The molecule has 0 bridgehead atoms. The van der Waals surface area contributed by atoms with E-state index in [1.807, 2.05) is 0 Å². The second-order valence-electron chi connectivity index (χ2n) is 5.69. The summed E-state index contributed by atoms with van der Waals surface area (Å²) in [4.78, 5) is 23.8. The van der Waals surface area contributed by atoms with Crippen LogP contribution in [0.4, 0.5) is 5.95 Å². The molecule has 0 spiro atoms. The number of nitrogens with two attached hydrogens (primary N) is 1. The van der Waals surface area contributed by atoms with Crippen molar-refractivity contribution in [2.24, 2.45) is 22.8 Å². The van der Waals surface area contributed by atoms with Crippen molar-refractivity contribution in [2.45, 2.75) is 39.7 Å². The third kappa shape index (κ3) is 1.98. The molecule has 1 aromatic heterocycles. The first-order chi connectivity index (χ1) is 9.91. The molecule has 21 heavy (non-hydrogen) atoms. The van der Waals surface area contributed by atoms with E-state index in [4.69, 9.17) is 5.84 Å². The maximum absolute atomic E-state index is 11.9. The van der Waals surface area contributed by atoms with Crippen molar-refractivity contribution in [3.63, 3.8) is 0 Å². The van der Waals surface area contributed by atoms with Crippen LogP contribution in [0.15, 0.2) is 5.10 Å². The molecular weight excluding hydrogens is 272 g/mol. The van der Waals surface area contributed by atoms with Crippen LogP contribution in [0, 0.1) is 18.8 Å². The zero-order valence-corrected chi connectivity index (χ0v) is 12.3. The van der Waals surface area contributed by atoms with Gasteiger partial charge in [-0.1, -0.05) is 0 Å². The molecule has 3 rings (SSSR count). The highest BCUT2D eigenvalue weighted by Crippen LogP contribution is 2.35. The number of nitrogens with zero attached hydrogens (tertiary/aromatic N) is 5. The number of Topliss-reactive ketones (excluding diaryl/α,β-unsaturated/α-hetero) is 2. The van der Waals surface area contributed by atoms with Gasteiger partial charge in [0.25, 0.3) is 5.95 Å². The lowest BCUT2D eigenvalue weighted by Crippen LogP contribution is -2.59. The van der Waals surface area contributed by atoms with Crippen LogP contribution >= 0.6 is 0 Å². The van der Waals surface area contributed by atoms with E-state index in [9.17, 15) is 9.59 Å². The SMILES string of the molecule is CC(=O)[C@@H]1CC[C@@H](C(C)=O)[C@@H]2C1=Nn1c(C)nnc1N2N. The zero-order valence-electron chi connectivity index (χ0n) is 12.3. The van der Waals surface area contributed by atoms with Crippen molar-refractivity contribution in [3.05, 3.63) is 5.82 Å². The molecule has 3 atom stereocenters. The first-order valence-electron chi connectivity index (χ1n) is 6.97. The van der Waals surface area contributed by atoms with Crippen molar-refractivity contribution in [3.8, 4) is 0 Å². The minimum atomic E-state index is -0.416. The van der Waals surface area contributed by atoms with Gasteiger partial charge in [-0.15, -0.1) is 10.2 Å². The molecule has 1 aliphatic carbocycles. The minimum Gasteiger partial charge on any atom is -0.300 e. The molecule has 112 valence electrons. The highest BCUT2D eigenvalue weighted by molar-refractivity contribution is 6.10. The van der Waals surface area contributed by atoms with Crippen molar-refractivity contribution in [2.75, 3.05) is 5.01 Å². The van der Waals surface area contributed by atoms with E-state index < -0.39 is 6.04 Å². The Hall–Kier alpha value is -2.09. The van der Waals surface area contributed by atoms with Crippen LogP contribution in [-0.2, 0) is 9.59 Å². The quantitative estimate of drug-likeness (QED) is 0.772. The van der Waals surface area contributed by atoms with E-state index in [1.54, 1.807) is 20.8 Å². The van der Waals surface area contributed by atoms with E-state index in [0.717, 1.165) is 0 Å². The number of hydrazine groups is 1. The molecule has 0 radical (unpaired) electrons. The van der Waals surface area contributed by atoms with Crippen molar-refractivity contribution < 1.29 is 9.59 Å². The number of ketones is 2. The Labute approximate surface area is 122 Å². The fraction of sp³-hybridized carbons (Fsp3) is 0.615. The molecule has 1 fully saturated rings. The summed E-state index contributed by atoms with van der Waals surface area (Å²) in [5.74, 6) is 6.69. The third-order valence-corrected chi connectivity index (χ3v) is 4.35. The normalized spacial score (nSPS) is 27.7. The summed E-state index contributed by atoms with van der Waals surface area (Å²) in [5, 5.41) is 13.9. The fourth-order valence-electron chi connectivity index (χ4n) is 3.23. The number of aryl methyl sites for hydroxylation is 1. The van der Waals surface area contributed by atoms with Crippen LogP contribution in [0.3, 0.4) is 0 Å². The molecular formula is C13H18N6O2. The zero-order chi connectivity index (χ0) is 15.3. The Morgan fingerprint density at radius 3 is 2.52 bits per heavy atom. The molecule has 8 nitrogen and oxygen atoms in total. The van der Waals surface area contributed by atoms with Gasteiger partial charge in [-0.2, -0.15) is 9.78 Å². The van der Waals surface area contributed by atoms with Gasteiger partial charge in [0.2, 0.25) is 0 Å². The van der Waals surface area contributed by atoms with Gasteiger partial charge in [-0.25, -0.2) is 5.84 Å². The average Bonchev–Trinajstić information content (AvgIpc) is 2.79. The lowest BCUT2D eigenvalue weighted by molar-refractivity contribution is -0.123. The van der Waals surface area contributed by atoms with E-state index in [2.05, 4.69) is 15.3 Å². The Balaban J connectivity index is 2.15. The summed E-state index contributed by atoms with van der Waals surface area (Å²) in [6.07, 6.45) is 1.25. The van der Waals surface area contributed by atoms with Gasteiger partial charge in [0.1, 0.15) is 11.6 Å². The van der Waals surface area contributed by atoms with Gasteiger partial charge in [0.05, 0.1) is 17.7 Å². The Kier molecular flexibility index (Phi) is 3.12. The summed E-state index contributed by atoms with van der Waals surface area (Å²) < 4.78 is 1.53. The minimum absolute atomic E-state index is 0.0447. The van der Waals surface area contributed by atoms with Gasteiger partial charge in [0, 0.05) is 5.92 Å². The number of hydrogen-bond donors (Lipinski definition) is 1. The van der Waals surface area contributed by atoms with Gasteiger partial charge >= 0.3 is 0 Å². The van der Waals surface area contributed by atoms with Crippen LogP contribution in [-0.4, -0.2) is 38.2 Å². The van der Waals surface area contributed by atoms with E-state index in [1.165, 1.54) is 9.69 Å². The van der Waals surface area contributed by atoms with Crippen molar-refractivity contribution in [1.82, 2.24) is 14.9 Å². The second kappa shape index (κ2) is 4.73. The van der Waals surface area contributed by atoms with E-state index in [-0.39, 0.29) is 23.4 Å². The van der Waals surface area contributed by atoms with Gasteiger partial charge < -0.3 is 0 Å². The van der Waals surface area contributed by atoms with E-state index >= 15 is 0 Å². The van der Waals surface area contributed by atoms with Gasteiger partial charge in [-0.05, 0) is 33.6 Å². The number of rotatable bonds is 2. The maximum atomic E-state index is 11.9. The molecule has 1 aliphatic heterocycles. The molecule has 0 aromatic carbocycles. The number of aromatic nitrogens is 3. The molecule has 1 aromatic rings. The van der Waals surface area contributed by atoms with Crippen LogP contribution in [0.1, 0.15) is 32.5 Å². The number of fused-ring (bicyclic) bond motifs is 2. The topological polar surface area (TPSA) is 106 Å². The maximum Gasteiger partial charge on any atom is 0.263 e. The molecule has 2 aliphatic rings. The lowest BCUT2D eigenvalue weighted by atomic mass is 9.73. The highest BCUT2D eigenvalue weighted by atomic mass is 16.1. The summed E-state index contributed by atoms with van der Waals surface area (Å²) in [6.45, 7) is 4.87. The number of carbonyl (C=O) groups excluding carboxylic acids is 2. The smallest absolute Gasteiger partial charge is 0.263 e. The average molecular weight is 290 g/mol. The monoisotopic (exact) mass is 290 g/mol. The second-order valence-corrected chi connectivity index (χ2v) is 5.69.